The first-order chi connectivity index (χ1) is 13.6. The van der Waals surface area contributed by atoms with E-state index in [9.17, 15) is 18.0 Å². The zero-order valence-corrected chi connectivity index (χ0v) is 17.6. The average Bonchev–Trinajstić information content (AvgIpc) is 3.30. The van der Waals surface area contributed by atoms with Gasteiger partial charge < -0.3 is 9.88 Å². The van der Waals surface area contributed by atoms with Crippen LogP contribution < -0.4 is 5.32 Å². The van der Waals surface area contributed by atoms with Gasteiger partial charge in [0, 0.05) is 18.1 Å². The van der Waals surface area contributed by atoms with Crippen LogP contribution in [0.25, 0.3) is 5.69 Å². The van der Waals surface area contributed by atoms with Crippen molar-refractivity contribution >= 4 is 21.8 Å². The average molecular weight is 469 g/mol. The third-order valence-corrected chi connectivity index (χ3v) is 5.70. The molecule has 0 saturated heterocycles. The number of halogens is 4. The molecule has 0 radical (unpaired) electrons. The highest BCUT2D eigenvalue weighted by molar-refractivity contribution is 9.10. The summed E-state index contributed by atoms with van der Waals surface area (Å²) >= 11 is 2.93. The first-order valence-corrected chi connectivity index (χ1v) is 9.74. The predicted octanol–water partition coefficient (Wildman–Crippen LogP) is 5.20. The molecular weight excluding hydrogens is 449 g/mol. The molecule has 2 atom stereocenters. The molecule has 1 aromatic carbocycles. The largest absolute Gasteiger partial charge is 0.436 e. The van der Waals surface area contributed by atoms with Gasteiger partial charge in [0.2, 0.25) is 5.91 Å². The molecule has 1 N–H and O–H groups in total. The Bertz CT molecular complexity index is 994. The minimum Gasteiger partial charge on any atom is -0.348 e. The van der Waals surface area contributed by atoms with E-state index in [2.05, 4.69) is 26.3 Å². The summed E-state index contributed by atoms with van der Waals surface area (Å²) < 4.78 is 42.1. The lowest BCUT2D eigenvalue weighted by Crippen LogP contribution is -2.34. The zero-order valence-electron chi connectivity index (χ0n) is 16.0. The van der Waals surface area contributed by atoms with Crippen molar-refractivity contribution in [3.05, 3.63) is 70.2 Å². The Hall–Kier alpha value is -2.55. The van der Waals surface area contributed by atoms with Crippen LogP contribution >= 0.6 is 15.9 Å². The predicted molar refractivity (Wildman–Crippen MR) is 107 cm³/mol. The van der Waals surface area contributed by atoms with E-state index in [1.54, 1.807) is 0 Å². The summed E-state index contributed by atoms with van der Waals surface area (Å²) in [4.78, 5) is 12.6. The molecule has 2 unspecified atom stereocenters. The topological polar surface area (TPSA) is 51.9 Å². The minimum absolute atomic E-state index is 0.154. The fourth-order valence-electron chi connectivity index (χ4n) is 3.03. The van der Waals surface area contributed by atoms with Crippen LogP contribution in [0.5, 0.6) is 0 Å². The summed E-state index contributed by atoms with van der Waals surface area (Å²) in [5.74, 6) is -0.418. The van der Waals surface area contributed by atoms with E-state index in [0.717, 1.165) is 15.9 Å². The molecular formula is C20H20BrF3N4O. The lowest BCUT2D eigenvalue weighted by atomic mass is 10.1. The number of hydrogen-bond acceptors (Lipinski definition) is 2. The van der Waals surface area contributed by atoms with Gasteiger partial charge in [-0.15, -0.1) is 0 Å². The van der Waals surface area contributed by atoms with Gasteiger partial charge in [0.25, 0.3) is 0 Å². The summed E-state index contributed by atoms with van der Waals surface area (Å²) in [6, 6.07) is 10.3. The van der Waals surface area contributed by atoms with Crippen LogP contribution in [0, 0.1) is 6.92 Å². The van der Waals surface area contributed by atoms with Crippen LogP contribution in [0.15, 0.2) is 53.3 Å². The molecule has 0 spiro atoms. The molecule has 29 heavy (non-hydrogen) atoms. The number of rotatable bonds is 5. The number of hydrogen-bond donors (Lipinski definition) is 1. The van der Waals surface area contributed by atoms with Crippen LogP contribution in [-0.4, -0.2) is 20.3 Å². The second kappa shape index (κ2) is 8.06. The Morgan fingerprint density at radius 3 is 2.24 bits per heavy atom. The monoisotopic (exact) mass is 468 g/mol. The van der Waals surface area contributed by atoms with Crippen molar-refractivity contribution in [1.29, 1.82) is 0 Å². The number of carbonyl (C=O) groups is 1. The number of aromatic nitrogens is 3. The maximum absolute atomic E-state index is 13.1. The molecule has 3 rings (SSSR count). The Balaban J connectivity index is 1.73. The van der Waals surface area contributed by atoms with E-state index < -0.39 is 23.8 Å². The van der Waals surface area contributed by atoms with Crippen LogP contribution in [0.3, 0.4) is 0 Å². The maximum Gasteiger partial charge on any atom is 0.436 e. The lowest BCUT2D eigenvalue weighted by molar-refractivity contribution is -0.142. The van der Waals surface area contributed by atoms with Crippen molar-refractivity contribution in [2.75, 3.05) is 0 Å². The summed E-state index contributed by atoms with van der Waals surface area (Å²) in [7, 11) is 0. The molecule has 0 saturated carbocycles. The van der Waals surface area contributed by atoms with Crippen molar-refractivity contribution in [3.8, 4) is 5.69 Å². The van der Waals surface area contributed by atoms with Gasteiger partial charge in [0.15, 0.2) is 5.69 Å². The number of benzene rings is 1. The molecule has 2 heterocycles. The van der Waals surface area contributed by atoms with Crippen molar-refractivity contribution in [2.45, 2.75) is 39.0 Å². The molecule has 9 heteroatoms. The Morgan fingerprint density at radius 2 is 1.72 bits per heavy atom. The van der Waals surface area contributed by atoms with Gasteiger partial charge in [-0.3, -0.25) is 9.48 Å². The summed E-state index contributed by atoms with van der Waals surface area (Å²) in [5, 5.41) is 6.44. The molecule has 0 bridgehead atoms. The van der Waals surface area contributed by atoms with Crippen LogP contribution in [-0.2, 0) is 11.0 Å². The highest BCUT2D eigenvalue weighted by atomic mass is 79.9. The zero-order chi connectivity index (χ0) is 21.3. The summed E-state index contributed by atoms with van der Waals surface area (Å²) in [6.45, 7) is 4.82. The highest BCUT2D eigenvalue weighted by Gasteiger charge is 2.39. The van der Waals surface area contributed by atoms with E-state index in [1.807, 2.05) is 60.3 Å². The highest BCUT2D eigenvalue weighted by Crippen LogP contribution is 2.36. The summed E-state index contributed by atoms with van der Waals surface area (Å²) in [5.41, 5.74) is 1.07. The van der Waals surface area contributed by atoms with Gasteiger partial charge >= 0.3 is 6.18 Å². The van der Waals surface area contributed by atoms with Gasteiger partial charge in [-0.25, -0.2) is 0 Å². The Labute approximate surface area is 174 Å². The fourth-order valence-corrected chi connectivity index (χ4v) is 3.51. The van der Waals surface area contributed by atoms with Gasteiger partial charge in [0.05, 0.1) is 16.2 Å². The fraction of sp³-hybridized carbons (Fsp3) is 0.300. The Morgan fingerprint density at radius 1 is 1.14 bits per heavy atom. The summed E-state index contributed by atoms with van der Waals surface area (Å²) in [6.07, 6.45) is -0.733. The quantitative estimate of drug-likeness (QED) is 0.559. The second-order valence-electron chi connectivity index (χ2n) is 6.78. The smallest absolute Gasteiger partial charge is 0.348 e. The molecule has 5 nitrogen and oxygen atoms in total. The third kappa shape index (κ3) is 4.39. The molecule has 154 valence electrons. The van der Waals surface area contributed by atoms with Gasteiger partial charge in [-0.2, -0.15) is 18.3 Å². The standard InChI is InChI=1S/C20H20BrF3N4O/c1-12(15-6-8-16(9-7-15)27-10-4-5-11-27)25-19(29)14(3)28-13(2)17(21)18(26-28)20(22,23)24/h4-12,14H,1-3H3,(H,25,29). The van der Waals surface area contributed by atoms with Crippen LogP contribution in [0.1, 0.15) is 42.9 Å². The molecule has 1 amide bonds. The van der Waals surface area contributed by atoms with Crippen molar-refractivity contribution in [1.82, 2.24) is 19.7 Å². The molecule has 0 aliphatic carbocycles. The molecule has 0 aliphatic heterocycles. The second-order valence-corrected chi connectivity index (χ2v) is 7.57. The normalized spacial score (nSPS) is 13.9. The van der Waals surface area contributed by atoms with Crippen molar-refractivity contribution in [3.63, 3.8) is 0 Å². The van der Waals surface area contributed by atoms with E-state index in [-0.39, 0.29) is 16.2 Å². The molecule has 3 aromatic rings. The number of nitrogens with one attached hydrogen (secondary N) is 1. The maximum atomic E-state index is 13.1. The van der Waals surface area contributed by atoms with E-state index in [1.165, 1.54) is 13.8 Å². The lowest BCUT2D eigenvalue weighted by Gasteiger charge is -2.19. The van der Waals surface area contributed by atoms with Crippen molar-refractivity contribution < 1.29 is 18.0 Å². The first kappa shape index (κ1) is 21.2. The number of amides is 1. The van der Waals surface area contributed by atoms with Crippen molar-refractivity contribution in [2.24, 2.45) is 0 Å². The Kier molecular flexibility index (Phi) is 5.88. The van der Waals surface area contributed by atoms with E-state index in [0.29, 0.717) is 0 Å². The number of alkyl halides is 3. The van der Waals surface area contributed by atoms with E-state index >= 15 is 0 Å². The van der Waals surface area contributed by atoms with Gasteiger partial charge in [-0.1, -0.05) is 12.1 Å². The third-order valence-electron chi connectivity index (χ3n) is 4.75. The van der Waals surface area contributed by atoms with Crippen LogP contribution in [0.2, 0.25) is 0 Å². The van der Waals surface area contributed by atoms with E-state index in [4.69, 9.17) is 0 Å². The minimum atomic E-state index is -4.60. The number of nitrogens with zero attached hydrogens (tertiary/aromatic N) is 3. The molecule has 0 fully saturated rings. The molecule has 0 aliphatic rings. The number of carbonyl (C=O) groups excluding carboxylic acids is 1. The first-order valence-electron chi connectivity index (χ1n) is 8.95. The SMILES string of the molecule is Cc1c(Br)c(C(F)(F)F)nn1C(C)C(=O)NC(C)c1ccc(-n2cccc2)cc1. The van der Waals surface area contributed by atoms with Gasteiger partial charge in [-0.05, 0) is 66.5 Å². The van der Waals surface area contributed by atoms with Crippen LogP contribution in [0.4, 0.5) is 13.2 Å². The van der Waals surface area contributed by atoms with Gasteiger partial charge in [0.1, 0.15) is 6.04 Å². The molecule has 2 aromatic heterocycles.